The van der Waals surface area contributed by atoms with E-state index in [9.17, 15) is 4.79 Å². The molecule has 0 aliphatic carbocycles. The molecule has 100 valence electrons. The minimum atomic E-state index is -0.0599. The van der Waals surface area contributed by atoms with E-state index in [1.807, 2.05) is 17.0 Å². The zero-order valence-electron chi connectivity index (χ0n) is 11.1. The molecular formula is C15H18N2O2. The molecule has 4 nitrogen and oxygen atoms in total. The van der Waals surface area contributed by atoms with E-state index in [4.69, 9.17) is 4.42 Å². The molecule has 0 aromatic carbocycles. The lowest BCUT2D eigenvalue weighted by molar-refractivity contribution is 0.0708. The molecule has 0 spiro atoms. The van der Waals surface area contributed by atoms with E-state index in [1.54, 1.807) is 24.5 Å². The molecule has 2 rings (SSSR count). The Hall–Kier alpha value is -2.10. The van der Waals surface area contributed by atoms with Gasteiger partial charge in [-0.1, -0.05) is 13.3 Å². The summed E-state index contributed by atoms with van der Waals surface area (Å²) in [4.78, 5) is 18.1. The number of unbranched alkanes of at least 4 members (excludes halogenated alkanes) is 1. The van der Waals surface area contributed by atoms with Crippen LogP contribution in [0.4, 0.5) is 0 Å². The number of pyridine rings is 1. The number of rotatable bonds is 6. The van der Waals surface area contributed by atoms with Crippen molar-refractivity contribution in [2.24, 2.45) is 0 Å². The molecule has 0 atom stereocenters. The van der Waals surface area contributed by atoms with Crippen molar-refractivity contribution < 1.29 is 9.21 Å². The predicted octanol–water partition coefficient (Wildman–Crippen LogP) is 3.12. The van der Waals surface area contributed by atoms with Gasteiger partial charge < -0.3 is 9.32 Å². The Morgan fingerprint density at radius 1 is 1.32 bits per heavy atom. The van der Waals surface area contributed by atoms with Crippen LogP contribution in [-0.4, -0.2) is 22.3 Å². The lowest BCUT2D eigenvalue weighted by Crippen LogP contribution is -2.31. The Labute approximate surface area is 113 Å². The molecule has 1 amide bonds. The summed E-state index contributed by atoms with van der Waals surface area (Å²) in [6, 6.07) is 7.29. The average Bonchev–Trinajstić information content (AvgIpc) is 2.98. The quantitative estimate of drug-likeness (QED) is 0.799. The van der Waals surface area contributed by atoms with Gasteiger partial charge in [-0.25, -0.2) is 0 Å². The van der Waals surface area contributed by atoms with E-state index in [0.29, 0.717) is 12.3 Å². The van der Waals surface area contributed by atoms with Crippen LogP contribution in [0.25, 0.3) is 0 Å². The van der Waals surface area contributed by atoms with Crippen molar-refractivity contribution >= 4 is 5.91 Å². The molecular weight excluding hydrogens is 240 g/mol. The summed E-state index contributed by atoms with van der Waals surface area (Å²) in [6.07, 6.45) is 7.04. The Bertz CT molecular complexity index is 494. The molecule has 0 unspecified atom stereocenters. The van der Waals surface area contributed by atoms with E-state index in [-0.39, 0.29) is 5.91 Å². The van der Waals surface area contributed by atoms with Gasteiger partial charge in [-0.15, -0.1) is 0 Å². The third-order valence-electron chi connectivity index (χ3n) is 2.92. The topological polar surface area (TPSA) is 46.3 Å². The van der Waals surface area contributed by atoms with Crippen molar-refractivity contribution in [3.63, 3.8) is 0 Å². The van der Waals surface area contributed by atoms with Crippen molar-refractivity contribution in [2.75, 3.05) is 6.54 Å². The van der Waals surface area contributed by atoms with Crippen LogP contribution in [0.3, 0.4) is 0 Å². The summed E-state index contributed by atoms with van der Waals surface area (Å²) in [5.74, 6) is 0.334. The standard InChI is InChI=1S/C15H18N2O2/c1-2-3-10-17(12-13-6-8-16-9-7-13)15(18)14-5-4-11-19-14/h4-9,11H,2-3,10,12H2,1H3. The molecule has 0 saturated heterocycles. The summed E-state index contributed by atoms with van der Waals surface area (Å²) in [7, 11) is 0. The number of amides is 1. The van der Waals surface area contributed by atoms with Gasteiger partial charge in [0.15, 0.2) is 5.76 Å². The van der Waals surface area contributed by atoms with Gasteiger partial charge in [0, 0.05) is 25.5 Å². The van der Waals surface area contributed by atoms with Crippen molar-refractivity contribution in [3.8, 4) is 0 Å². The highest BCUT2D eigenvalue weighted by Gasteiger charge is 2.17. The third kappa shape index (κ3) is 3.68. The molecule has 19 heavy (non-hydrogen) atoms. The number of carbonyl (C=O) groups excluding carboxylic acids is 1. The second-order valence-corrected chi connectivity index (χ2v) is 4.41. The van der Waals surface area contributed by atoms with Gasteiger partial charge in [0.05, 0.1) is 6.26 Å². The van der Waals surface area contributed by atoms with Crippen LogP contribution in [0.15, 0.2) is 47.3 Å². The number of aromatic nitrogens is 1. The number of furan rings is 1. The second kappa shape index (κ2) is 6.73. The van der Waals surface area contributed by atoms with E-state index in [1.165, 1.54) is 6.26 Å². The summed E-state index contributed by atoms with van der Waals surface area (Å²) >= 11 is 0. The molecule has 2 aromatic heterocycles. The number of hydrogen-bond acceptors (Lipinski definition) is 3. The van der Waals surface area contributed by atoms with Gasteiger partial charge in [-0.3, -0.25) is 9.78 Å². The maximum atomic E-state index is 12.3. The first kappa shape index (κ1) is 13.3. The van der Waals surface area contributed by atoms with E-state index in [0.717, 1.165) is 24.9 Å². The Morgan fingerprint density at radius 2 is 2.11 bits per heavy atom. The first-order chi connectivity index (χ1) is 9.31. The van der Waals surface area contributed by atoms with Gasteiger partial charge in [-0.2, -0.15) is 0 Å². The SMILES string of the molecule is CCCCN(Cc1ccncc1)C(=O)c1ccco1. The van der Waals surface area contributed by atoms with Crippen LogP contribution in [-0.2, 0) is 6.54 Å². The summed E-state index contributed by atoms with van der Waals surface area (Å²) in [5.41, 5.74) is 1.08. The summed E-state index contributed by atoms with van der Waals surface area (Å²) in [6.45, 7) is 3.43. The molecule has 4 heteroatoms. The van der Waals surface area contributed by atoms with Crippen molar-refractivity contribution in [1.29, 1.82) is 0 Å². The van der Waals surface area contributed by atoms with Gasteiger partial charge in [0.1, 0.15) is 0 Å². The fourth-order valence-electron chi connectivity index (χ4n) is 1.87. The molecule has 0 aliphatic heterocycles. The predicted molar refractivity (Wildman–Crippen MR) is 72.6 cm³/mol. The Morgan fingerprint density at radius 3 is 2.74 bits per heavy atom. The van der Waals surface area contributed by atoms with Gasteiger partial charge in [-0.05, 0) is 36.2 Å². The molecule has 0 aliphatic rings. The van der Waals surface area contributed by atoms with Crippen LogP contribution in [0, 0.1) is 0 Å². The maximum Gasteiger partial charge on any atom is 0.289 e. The molecule has 0 fully saturated rings. The molecule has 0 radical (unpaired) electrons. The number of carbonyl (C=O) groups is 1. The Balaban J connectivity index is 2.09. The van der Waals surface area contributed by atoms with E-state index >= 15 is 0 Å². The highest BCUT2D eigenvalue weighted by molar-refractivity contribution is 5.91. The van der Waals surface area contributed by atoms with Crippen molar-refractivity contribution in [2.45, 2.75) is 26.3 Å². The minimum absolute atomic E-state index is 0.0599. The number of nitrogens with zero attached hydrogens (tertiary/aromatic N) is 2. The fraction of sp³-hybridized carbons (Fsp3) is 0.333. The average molecular weight is 258 g/mol. The molecule has 0 bridgehead atoms. The number of hydrogen-bond donors (Lipinski definition) is 0. The molecule has 2 aromatic rings. The maximum absolute atomic E-state index is 12.3. The van der Waals surface area contributed by atoms with E-state index < -0.39 is 0 Å². The third-order valence-corrected chi connectivity index (χ3v) is 2.92. The lowest BCUT2D eigenvalue weighted by Gasteiger charge is -2.21. The molecule has 0 saturated carbocycles. The summed E-state index contributed by atoms with van der Waals surface area (Å²) < 4.78 is 5.19. The normalized spacial score (nSPS) is 10.4. The zero-order valence-corrected chi connectivity index (χ0v) is 11.1. The van der Waals surface area contributed by atoms with Crippen LogP contribution < -0.4 is 0 Å². The lowest BCUT2D eigenvalue weighted by atomic mass is 10.2. The Kier molecular flexibility index (Phi) is 4.72. The first-order valence-corrected chi connectivity index (χ1v) is 6.53. The largest absolute Gasteiger partial charge is 0.459 e. The smallest absolute Gasteiger partial charge is 0.289 e. The molecule has 0 N–H and O–H groups in total. The van der Waals surface area contributed by atoms with Crippen LogP contribution in [0.2, 0.25) is 0 Å². The highest BCUT2D eigenvalue weighted by atomic mass is 16.3. The molecule has 2 heterocycles. The van der Waals surface area contributed by atoms with E-state index in [2.05, 4.69) is 11.9 Å². The van der Waals surface area contributed by atoms with Gasteiger partial charge in [0.25, 0.3) is 5.91 Å². The van der Waals surface area contributed by atoms with Gasteiger partial charge >= 0.3 is 0 Å². The van der Waals surface area contributed by atoms with Crippen LogP contribution in [0.1, 0.15) is 35.9 Å². The van der Waals surface area contributed by atoms with Gasteiger partial charge in [0.2, 0.25) is 0 Å². The van der Waals surface area contributed by atoms with Crippen molar-refractivity contribution in [1.82, 2.24) is 9.88 Å². The monoisotopic (exact) mass is 258 g/mol. The fourth-order valence-corrected chi connectivity index (χ4v) is 1.87. The van der Waals surface area contributed by atoms with Crippen LogP contribution in [0.5, 0.6) is 0 Å². The van der Waals surface area contributed by atoms with Crippen LogP contribution >= 0.6 is 0 Å². The first-order valence-electron chi connectivity index (χ1n) is 6.53. The minimum Gasteiger partial charge on any atom is -0.459 e. The zero-order chi connectivity index (χ0) is 13.5. The highest BCUT2D eigenvalue weighted by Crippen LogP contribution is 2.11. The second-order valence-electron chi connectivity index (χ2n) is 4.41. The summed E-state index contributed by atoms with van der Waals surface area (Å²) in [5, 5.41) is 0. The van der Waals surface area contributed by atoms with Crippen molar-refractivity contribution in [3.05, 3.63) is 54.2 Å².